The van der Waals surface area contributed by atoms with Crippen LogP contribution >= 0.6 is 0 Å². The van der Waals surface area contributed by atoms with E-state index in [1.165, 1.54) is 7.11 Å². The summed E-state index contributed by atoms with van der Waals surface area (Å²) in [6.45, 7) is 1.71. The number of hydrogen-bond donors (Lipinski definition) is 1. The van der Waals surface area contributed by atoms with Crippen molar-refractivity contribution in [3.05, 3.63) is 54.0 Å². The van der Waals surface area contributed by atoms with Crippen LogP contribution in [0.5, 0.6) is 23.0 Å². The van der Waals surface area contributed by atoms with E-state index in [0.717, 1.165) is 0 Å². The van der Waals surface area contributed by atoms with Crippen molar-refractivity contribution in [1.29, 1.82) is 0 Å². The number of rotatable bonds is 6. The number of aromatic nitrogens is 3. The zero-order chi connectivity index (χ0) is 21.3. The lowest BCUT2D eigenvalue weighted by Gasteiger charge is -2.13. The van der Waals surface area contributed by atoms with Gasteiger partial charge in [0, 0.05) is 36.2 Å². The van der Waals surface area contributed by atoms with E-state index in [1.807, 2.05) is 0 Å². The minimum atomic E-state index is -0.612. The molecule has 0 bridgehead atoms. The highest BCUT2D eigenvalue weighted by Gasteiger charge is 2.16. The second kappa shape index (κ2) is 7.70. The molecular weight excluding hydrogens is 388 g/mol. The summed E-state index contributed by atoms with van der Waals surface area (Å²) in [6, 6.07) is 10.2. The molecule has 4 aromatic rings. The maximum Gasteiger partial charge on any atom is 0.252 e. The summed E-state index contributed by atoms with van der Waals surface area (Å²) in [5.74, 6) is 2.03. The predicted molar refractivity (Wildman–Crippen MR) is 108 cm³/mol. The molecule has 0 saturated carbocycles. The van der Waals surface area contributed by atoms with Crippen LogP contribution < -0.4 is 19.9 Å². The van der Waals surface area contributed by atoms with Gasteiger partial charge in [0.05, 0.1) is 25.3 Å². The monoisotopic (exact) mass is 406 g/mol. The number of ether oxygens (including phenoxy) is 3. The van der Waals surface area contributed by atoms with E-state index >= 15 is 0 Å². The summed E-state index contributed by atoms with van der Waals surface area (Å²) in [4.78, 5) is 16.1. The van der Waals surface area contributed by atoms with E-state index in [2.05, 4.69) is 15.2 Å². The Balaban J connectivity index is 1.80. The zero-order valence-electron chi connectivity index (χ0n) is 16.5. The second-order valence-corrected chi connectivity index (χ2v) is 6.37. The molecule has 0 fully saturated rings. The fourth-order valence-corrected chi connectivity index (χ4v) is 3.01. The lowest BCUT2D eigenvalue weighted by molar-refractivity contribution is 0.0997. The van der Waals surface area contributed by atoms with Crippen LogP contribution in [0.25, 0.3) is 22.4 Å². The molecule has 0 aliphatic heterocycles. The largest absolute Gasteiger partial charge is 0.497 e. The Morgan fingerprint density at radius 1 is 1.00 bits per heavy atom. The molecule has 2 heterocycles. The number of benzene rings is 2. The highest BCUT2D eigenvalue weighted by molar-refractivity contribution is 6.01. The van der Waals surface area contributed by atoms with Gasteiger partial charge in [-0.3, -0.25) is 9.78 Å². The standard InChI is InChI=1S/C21H18N4O5/c1-11-24-25-21(29-11)12-6-13(27-2)8-14(7-12)30-18-4-5-23-17-10-19(28-3)16(20(22)26)9-15(17)18/h4-10H,1-3H3,(H2,22,26). The average Bonchev–Trinajstić information content (AvgIpc) is 3.19. The summed E-state index contributed by atoms with van der Waals surface area (Å²) in [5, 5.41) is 8.49. The molecule has 152 valence electrons. The highest BCUT2D eigenvalue weighted by Crippen LogP contribution is 2.36. The minimum Gasteiger partial charge on any atom is -0.497 e. The van der Waals surface area contributed by atoms with Crippen LogP contribution in [0.15, 0.2) is 47.0 Å². The Hall–Kier alpha value is -4.14. The number of nitrogens with zero attached hydrogens (tertiary/aromatic N) is 3. The Bertz CT molecular complexity index is 1250. The molecule has 0 unspecified atom stereocenters. The lowest BCUT2D eigenvalue weighted by Crippen LogP contribution is -2.12. The normalized spacial score (nSPS) is 10.8. The fourth-order valence-electron chi connectivity index (χ4n) is 3.01. The summed E-state index contributed by atoms with van der Waals surface area (Å²) >= 11 is 0. The van der Waals surface area contributed by atoms with Gasteiger partial charge in [-0.25, -0.2) is 0 Å². The first-order valence-electron chi connectivity index (χ1n) is 8.92. The van der Waals surface area contributed by atoms with Gasteiger partial charge in [-0.1, -0.05) is 0 Å². The maximum atomic E-state index is 11.8. The molecule has 2 aromatic heterocycles. The van der Waals surface area contributed by atoms with Gasteiger partial charge in [0.1, 0.15) is 23.0 Å². The molecule has 2 N–H and O–H groups in total. The van der Waals surface area contributed by atoms with Crippen LogP contribution in [0.3, 0.4) is 0 Å². The van der Waals surface area contributed by atoms with E-state index in [4.69, 9.17) is 24.4 Å². The van der Waals surface area contributed by atoms with E-state index in [1.54, 1.807) is 56.6 Å². The van der Waals surface area contributed by atoms with Gasteiger partial charge in [0.2, 0.25) is 11.8 Å². The number of carbonyl (C=O) groups excluding carboxylic acids is 1. The van der Waals surface area contributed by atoms with Crippen LogP contribution in [-0.2, 0) is 0 Å². The van der Waals surface area contributed by atoms with E-state index in [-0.39, 0.29) is 5.56 Å². The Morgan fingerprint density at radius 3 is 2.47 bits per heavy atom. The smallest absolute Gasteiger partial charge is 0.252 e. The summed E-state index contributed by atoms with van der Waals surface area (Å²) in [6.07, 6.45) is 1.60. The molecule has 30 heavy (non-hydrogen) atoms. The number of carbonyl (C=O) groups is 1. The minimum absolute atomic E-state index is 0.232. The summed E-state index contributed by atoms with van der Waals surface area (Å²) < 4.78 is 22.2. The van der Waals surface area contributed by atoms with Crippen LogP contribution in [-0.4, -0.2) is 35.3 Å². The number of nitrogens with two attached hydrogens (primary N) is 1. The molecule has 0 aliphatic carbocycles. The zero-order valence-corrected chi connectivity index (χ0v) is 16.5. The van der Waals surface area contributed by atoms with Gasteiger partial charge in [-0.05, 0) is 24.3 Å². The van der Waals surface area contributed by atoms with Crippen LogP contribution in [0.2, 0.25) is 0 Å². The molecule has 9 heteroatoms. The maximum absolute atomic E-state index is 11.8. The molecular formula is C21H18N4O5. The SMILES string of the molecule is COc1cc(Oc2ccnc3cc(OC)c(C(N)=O)cc23)cc(-c2nnc(C)o2)c1. The topological polar surface area (TPSA) is 123 Å². The first-order valence-corrected chi connectivity index (χ1v) is 8.92. The van der Waals surface area contributed by atoms with Crippen LogP contribution in [0.1, 0.15) is 16.2 Å². The number of pyridine rings is 1. The van der Waals surface area contributed by atoms with Gasteiger partial charge in [0.25, 0.3) is 5.91 Å². The number of hydrogen-bond acceptors (Lipinski definition) is 8. The van der Waals surface area contributed by atoms with Crippen molar-refractivity contribution in [1.82, 2.24) is 15.2 Å². The first kappa shape index (κ1) is 19.2. The van der Waals surface area contributed by atoms with Crippen molar-refractivity contribution in [3.63, 3.8) is 0 Å². The molecule has 0 radical (unpaired) electrons. The molecule has 0 atom stereocenters. The van der Waals surface area contributed by atoms with E-state index < -0.39 is 5.91 Å². The first-order chi connectivity index (χ1) is 14.5. The van der Waals surface area contributed by atoms with Crippen LogP contribution in [0.4, 0.5) is 0 Å². The molecule has 9 nitrogen and oxygen atoms in total. The van der Waals surface area contributed by atoms with E-state index in [9.17, 15) is 4.79 Å². The van der Waals surface area contributed by atoms with Crippen molar-refractivity contribution >= 4 is 16.8 Å². The molecule has 2 aromatic carbocycles. The van der Waals surface area contributed by atoms with Gasteiger partial charge in [0.15, 0.2) is 0 Å². The highest BCUT2D eigenvalue weighted by atomic mass is 16.5. The quantitative estimate of drug-likeness (QED) is 0.516. The average molecular weight is 406 g/mol. The number of methoxy groups -OCH3 is 2. The summed E-state index contributed by atoms with van der Waals surface area (Å²) in [7, 11) is 3.01. The molecule has 0 spiro atoms. The Labute approximate surface area is 171 Å². The third-order valence-electron chi connectivity index (χ3n) is 4.40. The van der Waals surface area contributed by atoms with Gasteiger partial charge in [-0.2, -0.15) is 0 Å². The third-order valence-corrected chi connectivity index (χ3v) is 4.40. The number of aryl methyl sites for hydroxylation is 1. The Kier molecular flexibility index (Phi) is 4.93. The van der Waals surface area contributed by atoms with Crippen molar-refractivity contribution in [3.8, 4) is 34.5 Å². The van der Waals surface area contributed by atoms with Crippen molar-refractivity contribution < 1.29 is 23.4 Å². The van der Waals surface area contributed by atoms with Gasteiger partial charge in [-0.15, -0.1) is 10.2 Å². The molecule has 0 saturated heterocycles. The van der Waals surface area contributed by atoms with Gasteiger partial charge >= 0.3 is 0 Å². The molecule has 4 rings (SSSR count). The van der Waals surface area contributed by atoms with Crippen molar-refractivity contribution in [2.24, 2.45) is 5.73 Å². The number of fused-ring (bicyclic) bond motifs is 1. The van der Waals surface area contributed by atoms with Crippen LogP contribution in [0, 0.1) is 6.92 Å². The predicted octanol–water partition coefficient (Wildman–Crippen LogP) is 3.50. The fraction of sp³-hybridized carbons (Fsp3) is 0.143. The van der Waals surface area contributed by atoms with Gasteiger partial charge < -0.3 is 24.4 Å². The molecule has 0 aliphatic rings. The van der Waals surface area contributed by atoms with Crippen molar-refractivity contribution in [2.45, 2.75) is 6.92 Å². The summed E-state index contributed by atoms with van der Waals surface area (Å²) in [5.41, 5.74) is 6.95. The van der Waals surface area contributed by atoms with Crippen molar-refractivity contribution in [2.75, 3.05) is 14.2 Å². The lowest BCUT2D eigenvalue weighted by atomic mass is 10.1. The Morgan fingerprint density at radius 2 is 1.80 bits per heavy atom. The number of primary amides is 1. The van der Waals surface area contributed by atoms with E-state index in [0.29, 0.717) is 51.2 Å². The second-order valence-electron chi connectivity index (χ2n) is 6.37. The number of amides is 1. The molecule has 1 amide bonds. The third kappa shape index (κ3) is 3.60.